The lowest BCUT2D eigenvalue weighted by Gasteiger charge is -2.09. The molecule has 15 heteroatoms. The number of thiazole rings is 2. The van der Waals surface area contributed by atoms with Gasteiger partial charge in [0.05, 0.1) is 21.1 Å². The molecule has 0 radical (unpaired) electrons. The van der Waals surface area contributed by atoms with Gasteiger partial charge in [-0.25, -0.2) is 39.5 Å². The predicted molar refractivity (Wildman–Crippen MR) is 227 cm³/mol. The molecule has 6 aromatic heterocycles. The summed E-state index contributed by atoms with van der Waals surface area (Å²) in [5.41, 5.74) is 3.67. The van der Waals surface area contributed by atoms with Crippen LogP contribution in [-0.2, 0) is 17.6 Å². The molecule has 0 aliphatic rings. The minimum Gasteiger partial charge on any atom is -0.444 e. The average molecular weight is 819 g/mol. The first-order valence-electron chi connectivity index (χ1n) is 18.5. The number of pyridine rings is 4. The molecule has 292 valence electrons. The van der Waals surface area contributed by atoms with Crippen molar-refractivity contribution in [3.8, 4) is 44.1 Å². The molecule has 0 aliphatic carbocycles. The molecule has 0 fully saturated rings. The van der Waals surface area contributed by atoms with E-state index in [9.17, 15) is 9.59 Å². The molecule has 2 aromatic carbocycles. The number of carbonyl (C=O) groups excluding carboxylic acids is 2. The fourth-order valence-corrected chi connectivity index (χ4v) is 7.42. The zero-order valence-corrected chi connectivity index (χ0v) is 33.3. The van der Waals surface area contributed by atoms with E-state index in [0.717, 1.165) is 45.4 Å². The lowest BCUT2D eigenvalue weighted by atomic mass is 10.2. The molecule has 13 nitrogen and oxygen atoms in total. The topological polar surface area (TPSA) is 163 Å². The van der Waals surface area contributed by atoms with Crippen molar-refractivity contribution in [1.29, 1.82) is 0 Å². The Balaban J connectivity index is 0.858. The molecule has 0 atom stereocenters. The van der Waals surface area contributed by atoms with Gasteiger partial charge in [-0.05, 0) is 49.2 Å². The minimum atomic E-state index is -0.863. The Kier molecular flexibility index (Phi) is 11.6. The second-order valence-electron chi connectivity index (χ2n) is 12.7. The number of esters is 2. The van der Waals surface area contributed by atoms with E-state index in [4.69, 9.17) is 24.2 Å². The minimum absolute atomic E-state index is 0.0823. The number of aromatic nitrogens is 6. The van der Waals surface area contributed by atoms with Crippen LogP contribution in [0, 0.1) is 0 Å². The number of hydrogen-bond donors (Lipinski definition) is 2. The van der Waals surface area contributed by atoms with E-state index >= 15 is 0 Å². The van der Waals surface area contributed by atoms with Gasteiger partial charge in [0.2, 0.25) is 10.1 Å². The molecule has 0 bridgehead atoms. The van der Waals surface area contributed by atoms with Gasteiger partial charge in [-0.15, -0.1) is 0 Å². The maximum atomic E-state index is 12.9. The van der Waals surface area contributed by atoms with Gasteiger partial charge in [-0.3, -0.25) is 0 Å². The van der Waals surface area contributed by atoms with Crippen molar-refractivity contribution in [3.63, 3.8) is 0 Å². The summed E-state index contributed by atoms with van der Waals surface area (Å²) in [6.45, 7) is 4.11. The van der Waals surface area contributed by atoms with Crippen LogP contribution in [0.2, 0.25) is 0 Å². The first kappa shape index (κ1) is 38.5. The maximum absolute atomic E-state index is 12.9. The van der Waals surface area contributed by atoms with E-state index < -0.39 is 11.9 Å². The van der Waals surface area contributed by atoms with E-state index in [1.807, 2.05) is 60.7 Å². The van der Waals surface area contributed by atoms with E-state index in [0.29, 0.717) is 44.9 Å². The second kappa shape index (κ2) is 17.8. The summed E-state index contributed by atoms with van der Waals surface area (Å²) in [6, 6.07) is 32.9. The fraction of sp³-hybridized carbons (Fsp3) is 0.0909. The normalized spacial score (nSPS) is 10.8. The number of nitrogens with one attached hydrogen (secondary N) is 2. The van der Waals surface area contributed by atoms with Crippen LogP contribution in [-0.4, -0.2) is 41.8 Å². The highest BCUT2D eigenvalue weighted by atomic mass is 32.1. The molecular formula is C44H34N8O5S2. The molecule has 0 aliphatic heterocycles. The summed E-state index contributed by atoms with van der Waals surface area (Å²) < 4.78 is 17.7. The first-order valence-corrected chi connectivity index (χ1v) is 20.1. The molecule has 0 amide bonds. The van der Waals surface area contributed by atoms with Crippen molar-refractivity contribution in [2.24, 2.45) is 0 Å². The van der Waals surface area contributed by atoms with Gasteiger partial charge >= 0.3 is 11.9 Å². The lowest BCUT2D eigenvalue weighted by Crippen LogP contribution is -2.13. The van der Waals surface area contributed by atoms with Crippen LogP contribution in [0.3, 0.4) is 0 Å². The number of anilines is 4. The van der Waals surface area contributed by atoms with E-state index in [1.54, 1.807) is 48.8 Å². The summed E-state index contributed by atoms with van der Waals surface area (Å²) in [7, 11) is 0. The van der Waals surface area contributed by atoms with Gasteiger partial charge in [0.1, 0.15) is 46.2 Å². The highest BCUT2D eigenvalue weighted by molar-refractivity contribution is 7.14. The highest BCUT2D eigenvalue weighted by Gasteiger charge is 2.19. The second-order valence-corrected chi connectivity index (χ2v) is 14.8. The number of rotatable bonds is 14. The van der Waals surface area contributed by atoms with E-state index in [1.165, 1.54) is 47.2 Å². The smallest absolute Gasteiger partial charge is 0.347 e. The Morgan fingerprint density at radius 3 is 1.37 bits per heavy atom. The molecule has 6 heterocycles. The van der Waals surface area contributed by atoms with Gasteiger partial charge in [-0.2, -0.15) is 0 Å². The first-order chi connectivity index (χ1) is 28.9. The largest absolute Gasteiger partial charge is 0.444 e. The third-order valence-electron chi connectivity index (χ3n) is 8.56. The molecule has 0 unspecified atom stereocenters. The maximum Gasteiger partial charge on any atom is 0.347 e. The van der Waals surface area contributed by atoms with E-state index in [-0.39, 0.29) is 11.1 Å². The quantitative estimate of drug-likeness (QED) is 0.0788. The van der Waals surface area contributed by atoms with Crippen molar-refractivity contribution in [1.82, 2.24) is 29.9 Å². The zero-order chi connectivity index (χ0) is 40.6. The van der Waals surface area contributed by atoms with Crippen LogP contribution in [0.25, 0.3) is 22.5 Å². The number of ether oxygens (including phenoxy) is 3. The number of hydrogen-bond acceptors (Lipinski definition) is 15. The number of benzene rings is 2. The molecule has 0 saturated heterocycles. The third-order valence-corrected chi connectivity index (χ3v) is 10.7. The lowest BCUT2D eigenvalue weighted by molar-refractivity contribution is 0.0397. The summed E-state index contributed by atoms with van der Waals surface area (Å²) in [5.74, 6) is 1.18. The average Bonchev–Trinajstić information content (AvgIpc) is 3.88. The van der Waals surface area contributed by atoms with Crippen LogP contribution >= 0.6 is 22.7 Å². The van der Waals surface area contributed by atoms with Crippen LogP contribution in [0.4, 0.5) is 23.3 Å². The van der Waals surface area contributed by atoms with Crippen molar-refractivity contribution in [2.45, 2.75) is 26.7 Å². The summed E-state index contributed by atoms with van der Waals surface area (Å²) in [6.07, 6.45) is 7.44. The fourth-order valence-electron chi connectivity index (χ4n) is 5.64. The Morgan fingerprint density at radius 2 is 0.983 bits per heavy atom. The molecule has 8 aromatic rings. The number of nitrogens with zero attached hydrogens (tertiary/aromatic N) is 6. The standard InChI is InChI=1S/C44H34N8O5S2/c1-3-37-51-39(27-11-7-5-8-12-27)43(58-37)55-31-19-21-45-35(23-31)49-33-17-15-29(25-47-33)41(53)57-42(54)30-16-18-34(48-26-30)50-36-24-32(20-22-46-36)56-44-40(52-38(4-2)59-44)28-13-9-6-10-14-28/h5-26H,3-4H2,1-2H3,(H,45,47,49)(H,46,48,50). The van der Waals surface area contributed by atoms with Crippen molar-refractivity contribution >= 4 is 57.9 Å². The van der Waals surface area contributed by atoms with Gasteiger partial charge in [-0.1, -0.05) is 97.2 Å². The monoisotopic (exact) mass is 818 g/mol. The van der Waals surface area contributed by atoms with Gasteiger partial charge in [0.15, 0.2) is 0 Å². The van der Waals surface area contributed by atoms with Gasteiger partial charge in [0.25, 0.3) is 0 Å². The highest BCUT2D eigenvalue weighted by Crippen LogP contribution is 2.40. The molecule has 8 rings (SSSR count). The Morgan fingerprint density at radius 1 is 0.542 bits per heavy atom. The van der Waals surface area contributed by atoms with Gasteiger partial charge in [0, 0.05) is 48.0 Å². The van der Waals surface area contributed by atoms with Crippen LogP contribution < -0.4 is 20.1 Å². The zero-order valence-electron chi connectivity index (χ0n) is 31.7. The van der Waals surface area contributed by atoms with Crippen molar-refractivity contribution in [3.05, 3.63) is 155 Å². The summed E-state index contributed by atoms with van der Waals surface area (Å²) in [5, 5.41) is 9.53. The molecule has 59 heavy (non-hydrogen) atoms. The Labute approximate surface area is 346 Å². The molecule has 0 spiro atoms. The van der Waals surface area contributed by atoms with E-state index in [2.05, 4.69) is 44.4 Å². The van der Waals surface area contributed by atoms with Crippen LogP contribution in [0.15, 0.2) is 134 Å². The summed E-state index contributed by atoms with van der Waals surface area (Å²) >= 11 is 3.00. The van der Waals surface area contributed by atoms with Gasteiger partial charge < -0.3 is 24.8 Å². The van der Waals surface area contributed by atoms with Crippen LogP contribution in [0.1, 0.15) is 44.6 Å². The number of aryl methyl sites for hydroxylation is 2. The van der Waals surface area contributed by atoms with Crippen LogP contribution in [0.5, 0.6) is 21.6 Å². The Hall–Kier alpha value is -7.36. The SMILES string of the molecule is CCc1nc(-c2ccccc2)c(Oc2ccnc(Nc3ccc(C(=O)OC(=O)c4ccc(Nc5cc(Oc6sc(CC)nc6-c6ccccc6)ccn5)nc4)cn3)c2)s1. The van der Waals surface area contributed by atoms with Crippen molar-refractivity contribution < 1.29 is 23.8 Å². The van der Waals surface area contributed by atoms with Crippen molar-refractivity contribution in [2.75, 3.05) is 10.6 Å². The third kappa shape index (κ3) is 9.44. The predicted octanol–water partition coefficient (Wildman–Crippen LogP) is 10.7. The molecular weight excluding hydrogens is 785 g/mol. The molecule has 0 saturated carbocycles. The number of carbonyl (C=O) groups is 2. The Bertz CT molecular complexity index is 2520. The summed E-state index contributed by atoms with van der Waals surface area (Å²) in [4.78, 5) is 52.6. The molecule has 2 N–H and O–H groups in total.